The molecule has 0 bridgehead atoms. The van der Waals surface area contributed by atoms with Crippen molar-refractivity contribution in [2.45, 2.75) is 25.7 Å². The summed E-state index contributed by atoms with van der Waals surface area (Å²) in [7, 11) is 0. The van der Waals surface area contributed by atoms with E-state index in [2.05, 4.69) is 26.0 Å². The second-order valence-electron chi connectivity index (χ2n) is 5.37. The fourth-order valence-corrected chi connectivity index (χ4v) is 2.37. The Morgan fingerprint density at radius 3 is 2.26 bits per heavy atom. The maximum atomic E-state index is 13.0. The van der Waals surface area contributed by atoms with Gasteiger partial charge >= 0.3 is 0 Å². The van der Waals surface area contributed by atoms with Gasteiger partial charge in [-0.2, -0.15) is 0 Å². The molecule has 2 aromatic rings. The number of hydrogen-bond acceptors (Lipinski definition) is 1. The van der Waals surface area contributed by atoms with E-state index in [0.29, 0.717) is 6.54 Å². The first-order chi connectivity index (χ1) is 9.05. The summed E-state index contributed by atoms with van der Waals surface area (Å²) in [4.78, 5) is 0. The van der Waals surface area contributed by atoms with Crippen molar-refractivity contribution < 1.29 is 4.39 Å². The summed E-state index contributed by atoms with van der Waals surface area (Å²) >= 11 is 0. The van der Waals surface area contributed by atoms with Gasteiger partial charge in [0.25, 0.3) is 0 Å². The monoisotopic (exact) mass is 257 g/mol. The lowest BCUT2D eigenvalue weighted by molar-refractivity contribution is 0.478. The third-order valence-corrected chi connectivity index (χ3v) is 3.83. The molecule has 2 heteroatoms. The highest BCUT2D eigenvalue weighted by Crippen LogP contribution is 2.28. The van der Waals surface area contributed by atoms with E-state index in [1.165, 1.54) is 23.3 Å². The standard InChI is InChI=1S/C17H20FN/c1-13-5-3-4-6-14(13)11-17(2,12-19)15-7-9-16(18)10-8-15/h3-10H,11-12,19H2,1-2H3. The third-order valence-electron chi connectivity index (χ3n) is 3.83. The van der Waals surface area contributed by atoms with Crippen LogP contribution in [0.15, 0.2) is 48.5 Å². The number of nitrogens with two attached hydrogens (primary N) is 1. The Morgan fingerprint density at radius 1 is 1.05 bits per heavy atom. The highest BCUT2D eigenvalue weighted by Gasteiger charge is 2.26. The number of rotatable bonds is 4. The first-order valence-electron chi connectivity index (χ1n) is 6.56. The van der Waals surface area contributed by atoms with Gasteiger partial charge in [0, 0.05) is 12.0 Å². The molecule has 0 fully saturated rings. The lowest BCUT2D eigenvalue weighted by atomic mass is 9.76. The van der Waals surface area contributed by atoms with Crippen molar-refractivity contribution in [2.24, 2.45) is 5.73 Å². The van der Waals surface area contributed by atoms with Gasteiger partial charge in [0.15, 0.2) is 0 Å². The number of halogens is 1. The fourth-order valence-electron chi connectivity index (χ4n) is 2.37. The minimum absolute atomic E-state index is 0.167. The normalized spacial score (nSPS) is 14.1. The van der Waals surface area contributed by atoms with Crippen LogP contribution in [0.3, 0.4) is 0 Å². The maximum Gasteiger partial charge on any atom is 0.123 e. The first kappa shape index (κ1) is 13.8. The molecule has 0 saturated carbocycles. The summed E-state index contributed by atoms with van der Waals surface area (Å²) < 4.78 is 13.0. The quantitative estimate of drug-likeness (QED) is 0.890. The molecule has 0 spiro atoms. The van der Waals surface area contributed by atoms with Crippen LogP contribution < -0.4 is 5.73 Å². The Balaban J connectivity index is 2.33. The third kappa shape index (κ3) is 3.02. The molecule has 0 heterocycles. The summed E-state index contributed by atoms with van der Waals surface area (Å²) in [6, 6.07) is 15.0. The van der Waals surface area contributed by atoms with Crippen LogP contribution in [-0.4, -0.2) is 6.54 Å². The maximum absolute atomic E-state index is 13.0. The van der Waals surface area contributed by atoms with E-state index in [-0.39, 0.29) is 11.2 Å². The van der Waals surface area contributed by atoms with Crippen molar-refractivity contribution in [3.63, 3.8) is 0 Å². The lowest BCUT2D eigenvalue weighted by Gasteiger charge is -2.29. The van der Waals surface area contributed by atoms with Crippen molar-refractivity contribution in [3.05, 3.63) is 71.0 Å². The van der Waals surface area contributed by atoms with Crippen LogP contribution in [0.25, 0.3) is 0 Å². The van der Waals surface area contributed by atoms with Crippen molar-refractivity contribution in [3.8, 4) is 0 Å². The average Bonchev–Trinajstić information content (AvgIpc) is 2.42. The van der Waals surface area contributed by atoms with E-state index in [1.54, 1.807) is 0 Å². The van der Waals surface area contributed by atoms with Gasteiger partial charge in [-0.3, -0.25) is 0 Å². The van der Waals surface area contributed by atoms with Crippen molar-refractivity contribution in [1.29, 1.82) is 0 Å². The molecule has 2 rings (SSSR count). The summed E-state index contributed by atoms with van der Waals surface area (Å²) in [5.74, 6) is -0.209. The molecule has 0 aliphatic heterocycles. The Bertz CT molecular complexity index is 547. The van der Waals surface area contributed by atoms with Gasteiger partial charge in [0.05, 0.1) is 0 Å². The van der Waals surface area contributed by atoms with E-state index in [1.807, 2.05) is 24.3 Å². The lowest BCUT2D eigenvalue weighted by Crippen LogP contribution is -2.34. The number of hydrogen-bond donors (Lipinski definition) is 1. The molecule has 0 radical (unpaired) electrons. The summed E-state index contributed by atoms with van der Waals surface area (Å²) in [6.45, 7) is 4.77. The molecule has 0 aliphatic rings. The second-order valence-corrected chi connectivity index (χ2v) is 5.37. The molecule has 0 aliphatic carbocycles. The van der Waals surface area contributed by atoms with Gasteiger partial charge in [0.1, 0.15) is 5.82 Å². The fraction of sp³-hybridized carbons (Fsp3) is 0.294. The van der Waals surface area contributed by atoms with Crippen molar-refractivity contribution in [2.75, 3.05) is 6.54 Å². The van der Waals surface area contributed by atoms with Gasteiger partial charge in [0.2, 0.25) is 0 Å². The predicted octanol–water partition coefficient (Wildman–Crippen LogP) is 3.59. The largest absolute Gasteiger partial charge is 0.330 e. The molecule has 0 aromatic heterocycles. The van der Waals surface area contributed by atoms with Gasteiger partial charge in [-0.05, 0) is 42.2 Å². The van der Waals surface area contributed by atoms with E-state index >= 15 is 0 Å². The highest BCUT2D eigenvalue weighted by molar-refractivity contribution is 5.33. The zero-order valence-electron chi connectivity index (χ0n) is 11.5. The van der Waals surface area contributed by atoms with Crippen LogP contribution in [-0.2, 0) is 11.8 Å². The zero-order chi connectivity index (χ0) is 13.9. The Labute approximate surface area is 114 Å². The molecule has 1 atom stereocenters. The minimum Gasteiger partial charge on any atom is -0.330 e. The SMILES string of the molecule is Cc1ccccc1CC(C)(CN)c1ccc(F)cc1. The molecular formula is C17H20FN. The summed E-state index contributed by atoms with van der Waals surface area (Å²) in [6.07, 6.45) is 0.863. The van der Waals surface area contributed by atoms with Crippen molar-refractivity contribution in [1.82, 2.24) is 0 Å². The molecule has 0 amide bonds. The van der Waals surface area contributed by atoms with Gasteiger partial charge in [-0.15, -0.1) is 0 Å². The van der Waals surface area contributed by atoms with Crippen molar-refractivity contribution >= 4 is 0 Å². The van der Waals surface area contributed by atoms with Crippen LogP contribution in [0.4, 0.5) is 4.39 Å². The van der Waals surface area contributed by atoms with Gasteiger partial charge in [-0.1, -0.05) is 43.3 Å². The zero-order valence-corrected chi connectivity index (χ0v) is 11.5. The van der Waals surface area contributed by atoms with Crippen LogP contribution >= 0.6 is 0 Å². The Hall–Kier alpha value is -1.67. The molecule has 0 saturated heterocycles. The van der Waals surface area contributed by atoms with E-state index in [9.17, 15) is 4.39 Å². The topological polar surface area (TPSA) is 26.0 Å². The highest BCUT2D eigenvalue weighted by atomic mass is 19.1. The average molecular weight is 257 g/mol. The molecule has 1 nitrogen and oxygen atoms in total. The number of aryl methyl sites for hydroxylation is 1. The molecular weight excluding hydrogens is 237 g/mol. The number of benzene rings is 2. The smallest absolute Gasteiger partial charge is 0.123 e. The molecule has 1 unspecified atom stereocenters. The summed E-state index contributed by atoms with van der Waals surface area (Å²) in [5, 5.41) is 0. The summed E-state index contributed by atoms with van der Waals surface area (Å²) in [5.41, 5.74) is 9.46. The van der Waals surface area contributed by atoms with Crippen LogP contribution in [0.1, 0.15) is 23.6 Å². The molecule has 19 heavy (non-hydrogen) atoms. The van der Waals surface area contributed by atoms with Gasteiger partial charge < -0.3 is 5.73 Å². The van der Waals surface area contributed by atoms with Crippen LogP contribution in [0.5, 0.6) is 0 Å². The first-order valence-corrected chi connectivity index (χ1v) is 6.56. The van der Waals surface area contributed by atoms with E-state index < -0.39 is 0 Å². The van der Waals surface area contributed by atoms with Crippen LogP contribution in [0, 0.1) is 12.7 Å². The Morgan fingerprint density at radius 2 is 1.68 bits per heavy atom. The molecule has 2 N–H and O–H groups in total. The minimum atomic E-state index is -0.209. The molecule has 100 valence electrons. The van der Waals surface area contributed by atoms with E-state index in [4.69, 9.17) is 5.73 Å². The van der Waals surface area contributed by atoms with E-state index in [0.717, 1.165) is 12.0 Å². The van der Waals surface area contributed by atoms with Gasteiger partial charge in [-0.25, -0.2) is 4.39 Å². The second kappa shape index (κ2) is 5.54. The predicted molar refractivity (Wildman–Crippen MR) is 77.7 cm³/mol. The van der Waals surface area contributed by atoms with Crippen LogP contribution in [0.2, 0.25) is 0 Å². The molecule has 2 aromatic carbocycles. The Kier molecular flexibility index (Phi) is 4.01.